The first-order chi connectivity index (χ1) is 12.9. The lowest BCUT2D eigenvalue weighted by molar-refractivity contribution is -0.0328. The Morgan fingerprint density at radius 1 is 1.00 bits per heavy atom. The number of aromatic hydroxyl groups is 1. The molecule has 1 aliphatic heterocycles. The van der Waals surface area contributed by atoms with Gasteiger partial charge in [0, 0.05) is 10.6 Å². The number of thioether (sulfide) groups is 1. The molecule has 0 amide bonds. The van der Waals surface area contributed by atoms with Crippen LogP contribution in [0.15, 0.2) is 47.4 Å². The van der Waals surface area contributed by atoms with Gasteiger partial charge < -0.3 is 10.4 Å². The summed E-state index contributed by atoms with van der Waals surface area (Å²) in [4.78, 5) is 0.271. The quantitative estimate of drug-likeness (QED) is 0.589. The molecule has 2 N–H and O–H groups in total. The summed E-state index contributed by atoms with van der Waals surface area (Å²) in [6.45, 7) is 0. The van der Waals surface area contributed by atoms with Gasteiger partial charge in [-0.3, -0.25) is 0 Å². The van der Waals surface area contributed by atoms with Gasteiger partial charge in [0.05, 0.1) is 6.04 Å². The minimum Gasteiger partial charge on any atom is -0.508 e. The third kappa shape index (κ3) is 2.98. The molecule has 5 rings (SSSR count). The van der Waals surface area contributed by atoms with Crippen molar-refractivity contribution in [1.29, 1.82) is 0 Å². The first kappa shape index (κ1) is 17.3. The van der Waals surface area contributed by atoms with Gasteiger partial charge in [0.2, 0.25) is 0 Å². The number of nitrogens with one attached hydrogen (secondary N) is 1. The summed E-state index contributed by atoms with van der Waals surface area (Å²) in [5.74, 6) is 2.12. The highest BCUT2D eigenvalue weighted by atomic mass is 32.2. The molecule has 1 heterocycles. The van der Waals surface area contributed by atoms with Crippen molar-refractivity contribution in [3.8, 4) is 5.75 Å². The topological polar surface area (TPSA) is 32.3 Å². The second-order valence-corrected chi connectivity index (χ2v) is 9.09. The van der Waals surface area contributed by atoms with E-state index >= 15 is 0 Å². The van der Waals surface area contributed by atoms with E-state index in [1.165, 1.54) is 19.3 Å². The summed E-state index contributed by atoms with van der Waals surface area (Å²) in [5.41, 5.74) is -1.13. The number of alkyl halides is 3. The van der Waals surface area contributed by atoms with Crippen molar-refractivity contribution in [1.82, 2.24) is 0 Å². The molecule has 3 aliphatic rings. The summed E-state index contributed by atoms with van der Waals surface area (Å²) in [6, 6.07) is 12.6. The number of rotatable bonds is 2. The Bertz CT molecular complexity index is 867. The van der Waals surface area contributed by atoms with Crippen LogP contribution in [0.25, 0.3) is 0 Å². The number of hydrogen-bond acceptors (Lipinski definition) is 3. The Morgan fingerprint density at radius 3 is 2.48 bits per heavy atom. The fourth-order valence-electron chi connectivity index (χ4n) is 5.67. The first-order valence-corrected chi connectivity index (χ1v) is 10.2. The number of hydrogen-bond donors (Lipinski definition) is 2. The van der Waals surface area contributed by atoms with Crippen LogP contribution in [-0.2, 0) is 0 Å². The maximum Gasteiger partial charge on any atom is 0.446 e. The van der Waals surface area contributed by atoms with E-state index in [-0.39, 0.29) is 28.4 Å². The summed E-state index contributed by atoms with van der Waals surface area (Å²) in [6.07, 6.45) is 3.54. The molecule has 27 heavy (non-hydrogen) atoms. The van der Waals surface area contributed by atoms with Crippen LogP contribution in [0.5, 0.6) is 5.75 Å². The average molecular weight is 391 g/mol. The van der Waals surface area contributed by atoms with E-state index in [0.29, 0.717) is 23.7 Å². The fourth-order valence-corrected chi connectivity index (χ4v) is 6.26. The third-order valence-corrected chi connectivity index (χ3v) is 7.27. The molecular weight excluding hydrogens is 371 g/mol. The highest BCUT2D eigenvalue weighted by Crippen LogP contribution is 2.64. The number of halogens is 3. The van der Waals surface area contributed by atoms with E-state index in [1.807, 2.05) is 12.1 Å². The maximum atomic E-state index is 12.8. The van der Waals surface area contributed by atoms with Crippen LogP contribution in [0.3, 0.4) is 0 Å². The van der Waals surface area contributed by atoms with E-state index in [0.717, 1.165) is 16.8 Å². The fraction of sp³-hybridized carbons (Fsp3) is 0.429. The third-order valence-electron chi connectivity index (χ3n) is 6.54. The molecule has 0 aromatic heterocycles. The van der Waals surface area contributed by atoms with E-state index in [1.54, 1.807) is 30.3 Å². The van der Waals surface area contributed by atoms with Crippen molar-refractivity contribution < 1.29 is 18.3 Å². The zero-order valence-corrected chi connectivity index (χ0v) is 15.4. The zero-order valence-electron chi connectivity index (χ0n) is 14.5. The van der Waals surface area contributed by atoms with Crippen molar-refractivity contribution in [2.24, 2.45) is 17.8 Å². The predicted octanol–water partition coefficient (Wildman–Crippen LogP) is 6.30. The van der Waals surface area contributed by atoms with E-state index in [2.05, 4.69) is 5.32 Å². The summed E-state index contributed by atoms with van der Waals surface area (Å²) in [5, 5.41) is 13.2. The number of phenolic OH excluding ortho intramolecular Hbond substituents is 1. The lowest BCUT2D eigenvalue weighted by Gasteiger charge is -2.43. The van der Waals surface area contributed by atoms with Gasteiger partial charge in [-0.2, -0.15) is 13.2 Å². The molecule has 0 radical (unpaired) electrons. The molecule has 2 fully saturated rings. The number of phenols is 1. The maximum absolute atomic E-state index is 12.8. The molecule has 2 nitrogen and oxygen atoms in total. The van der Waals surface area contributed by atoms with Crippen molar-refractivity contribution >= 4 is 17.4 Å². The molecule has 2 aromatic rings. The molecule has 6 heteroatoms. The molecule has 0 saturated heterocycles. The van der Waals surface area contributed by atoms with Crippen molar-refractivity contribution in [3.05, 3.63) is 53.6 Å². The van der Waals surface area contributed by atoms with E-state index in [4.69, 9.17) is 0 Å². The van der Waals surface area contributed by atoms with E-state index in [9.17, 15) is 18.3 Å². The van der Waals surface area contributed by atoms with E-state index < -0.39 is 5.51 Å². The van der Waals surface area contributed by atoms with Crippen LogP contribution in [-0.4, -0.2) is 10.6 Å². The van der Waals surface area contributed by atoms with Gasteiger partial charge in [0.15, 0.2) is 0 Å². The van der Waals surface area contributed by atoms with Crippen LogP contribution >= 0.6 is 11.8 Å². The standard InChI is InChI=1S/C21H20F3NOS/c22-21(23,24)27-15-7-8-17-16(10-15)18-12-1-2-13(9-12)19(18)20(25-17)11-3-5-14(26)6-4-11/h3-8,10,12-13,18-20,25-26H,1-2,9H2/t12-,13+,18-,19-,20+/m1/s1. The number of fused-ring (bicyclic) bond motifs is 7. The van der Waals surface area contributed by atoms with Gasteiger partial charge >= 0.3 is 5.51 Å². The molecule has 142 valence electrons. The predicted molar refractivity (Wildman–Crippen MR) is 99.9 cm³/mol. The van der Waals surface area contributed by atoms with Crippen LogP contribution < -0.4 is 5.32 Å². The SMILES string of the molecule is Oc1ccc([C@@H]2Nc3ccc(SC(F)(F)F)cc3[C@H]3[C@@H]4CC[C@@H](C4)[C@H]32)cc1. The van der Waals surface area contributed by atoms with Gasteiger partial charge in [-0.1, -0.05) is 12.1 Å². The van der Waals surface area contributed by atoms with Gasteiger partial charge in [-0.15, -0.1) is 0 Å². The Balaban J connectivity index is 1.56. The molecular formula is C21H20F3NOS. The lowest BCUT2D eigenvalue weighted by atomic mass is 9.68. The van der Waals surface area contributed by atoms with Gasteiger partial charge in [0.25, 0.3) is 0 Å². The Labute approximate surface area is 160 Å². The van der Waals surface area contributed by atoms with Crippen molar-refractivity contribution in [3.63, 3.8) is 0 Å². The van der Waals surface area contributed by atoms with Gasteiger partial charge in [-0.05, 0) is 96.2 Å². The largest absolute Gasteiger partial charge is 0.508 e. The first-order valence-electron chi connectivity index (χ1n) is 9.34. The van der Waals surface area contributed by atoms with Crippen LogP contribution in [0.4, 0.5) is 18.9 Å². The highest BCUT2D eigenvalue weighted by Gasteiger charge is 2.53. The van der Waals surface area contributed by atoms with Crippen LogP contribution in [0.1, 0.15) is 42.3 Å². The minimum atomic E-state index is -4.26. The molecule has 2 aromatic carbocycles. The Morgan fingerprint density at radius 2 is 1.74 bits per heavy atom. The lowest BCUT2D eigenvalue weighted by Crippen LogP contribution is -2.35. The Kier molecular flexibility index (Phi) is 3.90. The number of benzene rings is 2. The normalized spacial score (nSPS) is 31.3. The molecule has 0 unspecified atom stereocenters. The van der Waals surface area contributed by atoms with Gasteiger partial charge in [0.1, 0.15) is 5.75 Å². The van der Waals surface area contributed by atoms with Crippen LogP contribution in [0.2, 0.25) is 0 Å². The average Bonchev–Trinajstić information content (AvgIpc) is 3.23. The van der Waals surface area contributed by atoms with Gasteiger partial charge in [-0.25, -0.2) is 0 Å². The number of anilines is 1. The smallest absolute Gasteiger partial charge is 0.446 e. The molecule has 5 atom stereocenters. The monoisotopic (exact) mass is 391 g/mol. The van der Waals surface area contributed by atoms with Crippen LogP contribution in [0, 0.1) is 17.8 Å². The Hall–Kier alpha value is -1.82. The second-order valence-electron chi connectivity index (χ2n) is 7.95. The summed E-state index contributed by atoms with van der Waals surface area (Å²) >= 11 is -0.0290. The molecule has 2 aliphatic carbocycles. The molecule has 2 bridgehead atoms. The summed E-state index contributed by atoms with van der Waals surface area (Å²) in [7, 11) is 0. The highest BCUT2D eigenvalue weighted by molar-refractivity contribution is 8.00. The minimum absolute atomic E-state index is 0.0290. The van der Waals surface area contributed by atoms with Crippen molar-refractivity contribution in [2.45, 2.75) is 41.6 Å². The molecule has 0 spiro atoms. The zero-order chi connectivity index (χ0) is 18.8. The second kappa shape index (κ2) is 6.09. The molecule has 2 saturated carbocycles. The van der Waals surface area contributed by atoms with Crippen molar-refractivity contribution in [2.75, 3.05) is 5.32 Å². The summed E-state index contributed by atoms with van der Waals surface area (Å²) < 4.78 is 38.5.